The summed E-state index contributed by atoms with van der Waals surface area (Å²) >= 11 is 8.68. The third-order valence-electron chi connectivity index (χ3n) is 1.22. The number of rotatable bonds is 0. The maximum atomic E-state index is 13.0. The molecule has 0 unspecified atom stereocenters. The van der Waals surface area contributed by atoms with Gasteiger partial charge in [0.25, 0.3) is 0 Å². The van der Waals surface area contributed by atoms with E-state index in [1.807, 2.05) is 0 Å². The summed E-state index contributed by atoms with van der Waals surface area (Å²) in [6.07, 6.45) is 0. The van der Waals surface area contributed by atoms with Crippen LogP contribution in [0.2, 0.25) is 5.02 Å². The van der Waals surface area contributed by atoms with E-state index in [0.29, 0.717) is 15.9 Å². The minimum atomic E-state index is -0.379. The highest BCUT2D eigenvalue weighted by atomic mass is 79.9. The Balaban J connectivity index is 3.01. The molecule has 0 saturated heterocycles. The van der Waals surface area contributed by atoms with Gasteiger partial charge in [0.1, 0.15) is 5.82 Å². The molecule has 12 heavy (non-hydrogen) atoms. The summed E-state index contributed by atoms with van der Waals surface area (Å²) in [6.45, 7) is 0. The van der Waals surface area contributed by atoms with Crippen molar-refractivity contribution in [3.05, 3.63) is 34.6 Å². The maximum Gasteiger partial charge on any atom is 0.140 e. The molecular weight excluding hydrogens is 242 g/mol. The second kappa shape index (κ2) is 4.49. The molecule has 0 amide bonds. The predicted molar refractivity (Wildman–Crippen MR) is 52.1 cm³/mol. The first-order valence-corrected chi connectivity index (χ1v) is 4.74. The van der Waals surface area contributed by atoms with Crippen LogP contribution in [0, 0.1) is 17.7 Å². The first-order chi connectivity index (χ1) is 5.74. The van der Waals surface area contributed by atoms with E-state index in [1.54, 1.807) is 12.1 Å². The number of halogens is 3. The highest BCUT2D eigenvalue weighted by Gasteiger charge is 1.98. The molecule has 1 aromatic carbocycles. The molecule has 0 aliphatic carbocycles. The van der Waals surface area contributed by atoms with E-state index in [2.05, 4.69) is 27.8 Å². The summed E-state index contributed by atoms with van der Waals surface area (Å²) in [5.41, 5.74) is 0.374. The summed E-state index contributed by atoms with van der Waals surface area (Å²) in [4.78, 5) is 0. The molecule has 0 atom stereocenters. The van der Waals surface area contributed by atoms with Gasteiger partial charge in [-0.25, -0.2) is 4.39 Å². The lowest BCUT2D eigenvalue weighted by atomic mass is 10.2. The Hall–Kier alpha value is -0.520. The molecule has 0 aromatic heterocycles. The first kappa shape index (κ1) is 9.57. The Morgan fingerprint density at radius 3 is 2.83 bits per heavy atom. The molecule has 0 fully saturated rings. The molecule has 0 N–H and O–H groups in total. The summed E-state index contributed by atoms with van der Waals surface area (Å²) in [5.74, 6) is 4.99. The fraction of sp³-hybridized carbons (Fsp3) is 0.111. The van der Waals surface area contributed by atoms with Crippen LogP contribution in [0.25, 0.3) is 0 Å². The highest BCUT2D eigenvalue weighted by molar-refractivity contribution is 9.09. The maximum absolute atomic E-state index is 13.0. The van der Waals surface area contributed by atoms with E-state index in [9.17, 15) is 4.39 Å². The van der Waals surface area contributed by atoms with E-state index >= 15 is 0 Å². The third kappa shape index (κ3) is 2.51. The lowest BCUT2D eigenvalue weighted by Crippen LogP contribution is -1.82. The monoisotopic (exact) mass is 246 g/mol. The van der Waals surface area contributed by atoms with Crippen molar-refractivity contribution in [3.63, 3.8) is 0 Å². The van der Waals surface area contributed by atoms with Gasteiger partial charge < -0.3 is 0 Å². The Morgan fingerprint density at radius 1 is 1.50 bits per heavy atom. The van der Waals surface area contributed by atoms with Crippen LogP contribution in [-0.2, 0) is 0 Å². The summed E-state index contributed by atoms with van der Waals surface area (Å²) in [6, 6.07) is 4.43. The lowest BCUT2D eigenvalue weighted by Gasteiger charge is -1.93. The normalized spacial score (nSPS) is 8.92. The molecule has 0 aliphatic rings. The largest absolute Gasteiger partial charge is 0.206 e. The second-order valence-corrected chi connectivity index (χ2v) is 3.06. The quantitative estimate of drug-likeness (QED) is 0.488. The van der Waals surface area contributed by atoms with Gasteiger partial charge in [-0.2, -0.15) is 0 Å². The van der Waals surface area contributed by atoms with Gasteiger partial charge in [0.15, 0.2) is 0 Å². The van der Waals surface area contributed by atoms with E-state index in [0.717, 1.165) is 0 Å². The molecule has 1 rings (SSSR count). The number of benzene rings is 1. The van der Waals surface area contributed by atoms with E-state index in [4.69, 9.17) is 11.6 Å². The fourth-order valence-electron chi connectivity index (χ4n) is 0.719. The van der Waals surface area contributed by atoms with Gasteiger partial charge >= 0.3 is 0 Å². The fourth-order valence-corrected chi connectivity index (χ4v) is 1.02. The van der Waals surface area contributed by atoms with Crippen LogP contribution < -0.4 is 0 Å². The lowest BCUT2D eigenvalue weighted by molar-refractivity contribution is 0.624. The van der Waals surface area contributed by atoms with Crippen LogP contribution in [0.4, 0.5) is 4.39 Å². The molecule has 62 valence electrons. The predicted octanol–water partition coefficient (Wildman–Crippen LogP) is 3.23. The summed E-state index contributed by atoms with van der Waals surface area (Å²) in [7, 11) is 0. The van der Waals surface area contributed by atoms with E-state index < -0.39 is 0 Å². The van der Waals surface area contributed by atoms with Gasteiger partial charge in [-0.1, -0.05) is 39.4 Å². The van der Waals surface area contributed by atoms with Crippen LogP contribution in [0.3, 0.4) is 0 Å². The van der Waals surface area contributed by atoms with Gasteiger partial charge in [-0.3, -0.25) is 0 Å². The Morgan fingerprint density at radius 2 is 2.25 bits per heavy atom. The molecule has 0 aliphatic heterocycles. The van der Waals surface area contributed by atoms with E-state index in [1.165, 1.54) is 6.07 Å². The van der Waals surface area contributed by atoms with Gasteiger partial charge in [-0.05, 0) is 18.2 Å². The third-order valence-corrected chi connectivity index (χ3v) is 1.74. The van der Waals surface area contributed by atoms with Gasteiger partial charge in [0.05, 0.1) is 10.9 Å². The topological polar surface area (TPSA) is 0 Å². The zero-order chi connectivity index (χ0) is 8.97. The summed E-state index contributed by atoms with van der Waals surface area (Å²) in [5, 5.41) is 0.923. The second-order valence-electron chi connectivity index (χ2n) is 2.06. The molecule has 0 bridgehead atoms. The van der Waals surface area contributed by atoms with Gasteiger partial charge in [0, 0.05) is 5.02 Å². The SMILES string of the molecule is Fc1cc(Cl)ccc1C#CCBr. The van der Waals surface area contributed by atoms with E-state index in [-0.39, 0.29) is 5.82 Å². The zero-order valence-electron chi connectivity index (χ0n) is 6.07. The number of hydrogen-bond donors (Lipinski definition) is 0. The molecule has 0 heterocycles. The molecule has 0 radical (unpaired) electrons. The number of alkyl halides is 1. The minimum absolute atomic E-state index is 0.374. The van der Waals surface area contributed by atoms with Crippen LogP contribution in [0.1, 0.15) is 5.56 Å². The Labute approximate surface area is 83.9 Å². The van der Waals surface area contributed by atoms with Crippen molar-refractivity contribution in [1.82, 2.24) is 0 Å². The molecule has 3 heteroatoms. The van der Waals surface area contributed by atoms with Crippen LogP contribution >= 0.6 is 27.5 Å². The molecule has 0 saturated carbocycles. The van der Waals surface area contributed by atoms with Crippen LogP contribution in [-0.4, -0.2) is 5.33 Å². The average molecular weight is 247 g/mol. The smallest absolute Gasteiger partial charge is 0.140 e. The zero-order valence-corrected chi connectivity index (χ0v) is 8.41. The molecule has 1 aromatic rings. The number of hydrogen-bond acceptors (Lipinski definition) is 0. The standard InChI is InChI=1S/C9H5BrClF/c10-5-1-2-7-3-4-8(11)6-9(7)12/h3-4,6H,5H2. The molecule has 0 spiro atoms. The Bertz CT molecular complexity index is 338. The van der Waals surface area contributed by atoms with Crippen molar-refractivity contribution in [3.8, 4) is 11.8 Å². The minimum Gasteiger partial charge on any atom is -0.206 e. The van der Waals surface area contributed by atoms with Gasteiger partial charge in [-0.15, -0.1) is 0 Å². The van der Waals surface area contributed by atoms with Crippen molar-refractivity contribution in [2.24, 2.45) is 0 Å². The van der Waals surface area contributed by atoms with Gasteiger partial charge in [0.2, 0.25) is 0 Å². The Kier molecular flexibility index (Phi) is 3.58. The van der Waals surface area contributed by atoms with Crippen molar-refractivity contribution in [2.75, 3.05) is 5.33 Å². The molecular formula is C9H5BrClF. The first-order valence-electron chi connectivity index (χ1n) is 3.24. The van der Waals surface area contributed by atoms with Crippen molar-refractivity contribution in [2.45, 2.75) is 0 Å². The van der Waals surface area contributed by atoms with Crippen molar-refractivity contribution >= 4 is 27.5 Å². The summed E-state index contributed by atoms with van der Waals surface area (Å²) < 4.78 is 13.0. The van der Waals surface area contributed by atoms with Crippen molar-refractivity contribution < 1.29 is 4.39 Å². The van der Waals surface area contributed by atoms with Crippen LogP contribution in [0.15, 0.2) is 18.2 Å². The highest BCUT2D eigenvalue weighted by Crippen LogP contribution is 2.13. The van der Waals surface area contributed by atoms with Crippen molar-refractivity contribution in [1.29, 1.82) is 0 Å². The molecule has 0 nitrogen and oxygen atoms in total. The average Bonchev–Trinajstić information content (AvgIpc) is 2.03. The van der Waals surface area contributed by atoms with Crippen LogP contribution in [0.5, 0.6) is 0 Å².